The lowest BCUT2D eigenvalue weighted by Gasteiger charge is -2.35. The summed E-state index contributed by atoms with van der Waals surface area (Å²) in [5.41, 5.74) is 0.609. The molecule has 25 heavy (non-hydrogen) atoms. The van der Waals surface area contributed by atoms with Crippen LogP contribution in [0.3, 0.4) is 0 Å². The van der Waals surface area contributed by atoms with Gasteiger partial charge in [-0.25, -0.2) is 0 Å². The third-order valence-electron chi connectivity index (χ3n) is 4.71. The number of piperidine rings is 1. The summed E-state index contributed by atoms with van der Waals surface area (Å²) >= 11 is 0. The Morgan fingerprint density at radius 3 is 2.64 bits per heavy atom. The molecule has 0 spiro atoms. The highest BCUT2D eigenvalue weighted by Crippen LogP contribution is 2.28. The maximum atomic E-state index is 12.4. The first kappa shape index (κ1) is 19.6. The molecule has 1 aliphatic heterocycles. The molecule has 1 aromatic rings. The van der Waals surface area contributed by atoms with Gasteiger partial charge in [-0.1, -0.05) is 13.3 Å². The van der Waals surface area contributed by atoms with Gasteiger partial charge >= 0.3 is 0 Å². The molecular weight excluding hydrogens is 316 g/mol. The van der Waals surface area contributed by atoms with Crippen LogP contribution in [-0.2, 0) is 0 Å². The van der Waals surface area contributed by atoms with E-state index < -0.39 is 0 Å². The van der Waals surface area contributed by atoms with Gasteiger partial charge in [0, 0.05) is 24.7 Å². The zero-order valence-corrected chi connectivity index (χ0v) is 15.8. The van der Waals surface area contributed by atoms with Crippen LogP contribution in [0.2, 0.25) is 0 Å². The summed E-state index contributed by atoms with van der Waals surface area (Å²) in [6, 6.07) is 6.03. The second-order valence-corrected chi connectivity index (χ2v) is 6.38. The molecule has 5 heteroatoms. The molecule has 0 radical (unpaired) electrons. The third-order valence-corrected chi connectivity index (χ3v) is 4.71. The van der Waals surface area contributed by atoms with E-state index in [4.69, 9.17) is 9.47 Å². The largest absolute Gasteiger partial charge is 0.490 e. The number of likely N-dealkylation sites (tertiary alicyclic amines) is 1. The quantitative estimate of drug-likeness (QED) is 0.742. The first-order chi connectivity index (χ1) is 12.2. The smallest absolute Gasteiger partial charge is 0.251 e. The van der Waals surface area contributed by atoms with E-state index in [0.717, 1.165) is 13.1 Å². The zero-order valence-electron chi connectivity index (χ0n) is 15.8. The summed E-state index contributed by atoms with van der Waals surface area (Å²) in [6.45, 7) is 9.94. The zero-order chi connectivity index (χ0) is 18.1. The van der Waals surface area contributed by atoms with Crippen molar-refractivity contribution in [3.8, 4) is 11.5 Å². The van der Waals surface area contributed by atoms with Crippen molar-refractivity contribution >= 4 is 5.91 Å². The minimum Gasteiger partial charge on any atom is -0.490 e. The van der Waals surface area contributed by atoms with Crippen LogP contribution in [0.15, 0.2) is 18.2 Å². The van der Waals surface area contributed by atoms with Gasteiger partial charge in [0.2, 0.25) is 0 Å². The standard InChI is InChI=1S/C20H32N2O3/c1-4-17-9-7-8-13-22(17)14-12-21-20(23)16-10-11-18(24-5-2)19(15-16)25-6-3/h10-11,15,17H,4-9,12-14H2,1-3H3,(H,21,23). The Balaban J connectivity index is 1.90. The second-order valence-electron chi connectivity index (χ2n) is 6.38. The second kappa shape index (κ2) is 10.3. The molecular formula is C20H32N2O3. The topological polar surface area (TPSA) is 50.8 Å². The first-order valence-electron chi connectivity index (χ1n) is 9.61. The van der Waals surface area contributed by atoms with E-state index in [1.54, 1.807) is 18.2 Å². The van der Waals surface area contributed by atoms with Gasteiger partial charge in [0.05, 0.1) is 13.2 Å². The predicted molar refractivity (Wildman–Crippen MR) is 101 cm³/mol. The number of rotatable bonds is 9. The van der Waals surface area contributed by atoms with Crippen molar-refractivity contribution in [1.82, 2.24) is 10.2 Å². The summed E-state index contributed by atoms with van der Waals surface area (Å²) < 4.78 is 11.1. The Labute approximate surface area is 151 Å². The van der Waals surface area contributed by atoms with E-state index >= 15 is 0 Å². The van der Waals surface area contributed by atoms with E-state index in [1.165, 1.54) is 25.7 Å². The summed E-state index contributed by atoms with van der Waals surface area (Å²) in [5.74, 6) is 1.24. The van der Waals surface area contributed by atoms with Gasteiger partial charge in [-0.15, -0.1) is 0 Å². The molecule has 0 aliphatic carbocycles. The molecule has 1 amide bonds. The molecule has 1 N–H and O–H groups in total. The van der Waals surface area contributed by atoms with Gasteiger partial charge in [0.1, 0.15) is 0 Å². The lowest BCUT2D eigenvalue weighted by Crippen LogP contribution is -2.43. The highest BCUT2D eigenvalue weighted by molar-refractivity contribution is 5.94. The van der Waals surface area contributed by atoms with Crippen LogP contribution in [0.5, 0.6) is 11.5 Å². The fraction of sp³-hybridized carbons (Fsp3) is 0.650. The Bertz CT molecular complexity index is 548. The van der Waals surface area contributed by atoms with Crippen LogP contribution >= 0.6 is 0 Å². The molecule has 0 saturated carbocycles. The molecule has 0 bridgehead atoms. The highest BCUT2D eigenvalue weighted by Gasteiger charge is 2.20. The molecule has 1 atom stereocenters. The van der Waals surface area contributed by atoms with Gasteiger partial charge < -0.3 is 14.8 Å². The number of hydrogen-bond acceptors (Lipinski definition) is 4. The predicted octanol–water partition coefficient (Wildman–Crippen LogP) is 3.48. The number of hydrogen-bond donors (Lipinski definition) is 1. The number of benzene rings is 1. The molecule has 1 aromatic carbocycles. The van der Waals surface area contributed by atoms with Crippen LogP contribution in [0.4, 0.5) is 0 Å². The van der Waals surface area contributed by atoms with Crippen molar-refractivity contribution in [2.24, 2.45) is 0 Å². The van der Waals surface area contributed by atoms with Crippen molar-refractivity contribution in [1.29, 1.82) is 0 Å². The van der Waals surface area contributed by atoms with Crippen molar-refractivity contribution in [3.05, 3.63) is 23.8 Å². The van der Waals surface area contributed by atoms with Crippen molar-refractivity contribution in [2.75, 3.05) is 32.8 Å². The molecule has 1 heterocycles. The van der Waals surface area contributed by atoms with Crippen LogP contribution in [0, 0.1) is 0 Å². The molecule has 2 rings (SSSR count). The van der Waals surface area contributed by atoms with E-state index in [0.29, 0.717) is 42.9 Å². The van der Waals surface area contributed by atoms with Gasteiger partial charge in [0.15, 0.2) is 11.5 Å². The summed E-state index contributed by atoms with van der Waals surface area (Å²) in [5, 5.41) is 3.03. The number of amides is 1. The lowest BCUT2D eigenvalue weighted by molar-refractivity contribution is 0.0933. The Morgan fingerprint density at radius 1 is 1.16 bits per heavy atom. The van der Waals surface area contributed by atoms with Crippen molar-refractivity contribution in [2.45, 2.75) is 52.5 Å². The van der Waals surface area contributed by atoms with Gasteiger partial charge in [-0.2, -0.15) is 0 Å². The van der Waals surface area contributed by atoms with E-state index in [-0.39, 0.29) is 5.91 Å². The lowest BCUT2D eigenvalue weighted by atomic mass is 10.0. The van der Waals surface area contributed by atoms with Gasteiger partial charge in [-0.05, 0) is 57.9 Å². The first-order valence-corrected chi connectivity index (χ1v) is 9.61. The van der Waals surface area contributed by atoms with E-state index in [9.17, 15) is 4.79 Å². The average molecular weight is 348 g/mol. The number of nitrogens with zero attached hydrogens (tertiary/aromatic N) is 1. The fourth-order valence-corrected chi connectivity index (χ4v) is 3.42. The Kier molecular flexibility index (Phi) is 8.06. The maximum absolute atomic E-state index is 12.4. The van der Waals surface area contributed by atoms with Crippen LogP contribution in [0.1, 0.15) is 56.8 Å². The van der Waals surface area contributed by atoms with Crippen LogP contribution in [-0.4, -0.2) is 49.7 Å². The fourth-order valence-electron chi connectivity index (χ4n) is 3.42. The summed E-state index contributed by atoms with van der Waals surface area (Å²) in [4.78, 5) is 14.9. The normalized spacial score (nSPS) is 18.0. The van der Waals surface area contributed by atoms with Gasteiger partial charge in [-0.3, -0.25) is 9.69 Å². The average Bonchev–Trinajstić information content (AvgIpc) is 2.64. The third kappa shape index (κ3) is 5.63. The van der Waals surface area contributed by atoms with E-state index in [2.05, 4.69) is 17.1 Å². The molecule has 1 unspecified atom stereocenters. The van der Waals surface area contributed by atoms with E-state index in [1.807, 2.05) is 13.8 Å². The Hall–Kier alpha value is -1.75. The molecule has 0 aromatic heterocycles. The van der Waals surface area contributed by atoms with Crippen molar-refractivity contribution in [3.63, 3.8) is 0 Å². The van der Waals surface area contributed by atoms with Crippen LogP contribution < -0.4 is 14.8 Å². The summed E-state index contributed by atoms with van der Waals surface area (Å²) in [7, 11) is 0. The number of ether oxygens (including phenoxy) is 2. The molecule has 1 aliphatic rings. The summed E-state index contributed by atoms with van der Waals surface area (Å²) in [6.07, 6.45) is 5.06. The molecule has 5 nitrogen and oxygen atoms in total. The van der Waals surface area contributed by atoms with Gasteiger partial charge in [0.25, 0.3) is 5.91 Å². The minimum atomic E-state index is -0.0611. The molecule has 1 saturated heterocycles. The minimum absolute atomic E-state index is 0.0611. The SMILES string of the molecule is CCOc1ccc(C(=O)NCCN2CCCCC2CC)cc1OCC. The maximum Gasteiger partial charge on any atom is 0.251 e. The highest BCUT2D eigenvalue weighted by atomic mass is 16.5. The number of carbonyl (C=O) groups is 1. The molecule has 1 fully saturated rings. The monoisotopic (exact) mass is 348 g/mol. The number of nitrogens with one attached hydrogen (secondary N) is 1. The van der Waals surface area contributed by atoms with Crippen molar-refractivity contribution < 1.29 is 14.3 Å². The Morgan fingerprint density at radius 2 is 1.92 bits per heavy atom. The van der Waals surface area contributed by atoms with Crippen LogP contribution in [0.25, 0.3) is 0 Å². The molecule has 140 valence electrons. The number of carbonyl (C=O) groups excluding carboxylic acids is 1.